The Bertz CT molecular complexity index is 273. The second-order valence-electron chi connectivity index (χ2n) is 1.99. The summed E-state index contributed by atoms with van der Waals surface area (Å²) in [6.45, 7) is 0. The van der Waals surface area contributed by atoms with Gasteiger partial charge in [0.15, 0.2) is 0 Å². The van der Waals surface area contributed by atoms with Gasteiger partial charge >= 0.3 is 68.9 Å². The zero-order valence-electron chi connectivity index (χ0n) is 7.03. The molecule has 0 heterocycles. The van der Waals surface area contributed by atoms with Crippen molar-refractivity contribution in [2.75, 3.05) is 7.11 Å². The van der Waals surface area contributed by atoms with Crippen LogP contribution in [0, 0.1) is 0 Å². The summed E-state index contributed by atoms with van der Waals surface area (Å²) in [6, 6.07) is 6.33. The molecule has 0 fully saturated rings. The minimum Gasteiger partial charge on any atom is -0.545 e. The van der Waals surface area contributed by atoms with Gasteiger partial charge in [0.25, 0.3) is 0 Å². The van der Waals surface area contributed by atoms with Crippen molar-refractivity contribution in [2.45, 2.75) is 0 Å². The van der Waals surface area contributed by atoms with E-state index in [1.165, 1.54) is 13.2 Å². The van der Waals surface area contributed by atoms with E-state index in [1.54, 1.807) is 18.2 Å². The number of carboxylic acids is 1. The fourth-order valence-electron chi connectivity index (χ4n) is 0.813. The molecule has 1 aromatic carbocycles. The molecule has 0 unspecified atom stereocenters. The molecule has 0 aliphatic carbocycles. The molecule has 1 rings (SSSR count). The smallest absolute Gasteiger partial charge is 0.545 e. The van der Waals surface area contributed by atoms with E-state index in [0.29, 0.717) is 5.75 Å². The first kappa shape index (κ1) is 12.5. The molecule has 0 aliphatic heterocycles. The van der Waals surface area contributed by atoms with E-state index < -0.39 is 5.97 Å². The summed E-state index contributed by atoms with van der Waals surface area (Å²) in [7, 11) is 1.42. The number of methoxy groups -OCH3 is 1. The van der Waals surface area contributed by atoms with E-state index in [-0.39, 0.29) is 74.5 Å². The van der Waals surface area contributed by atoms with Gasteiger partial charge in [0.05, 0.1) is 13.1 Å². The first-order valence-corrected chi connectivity index (χ1v) is 3.10. The molecule has 0 saturated heterocycles. The minimum atomic E-state index is -1.22. The number of carbonyl (C=O) groups is 1. The van der Waals surface area contributed by atoms with Crippen LogP contribution in [0.4, 0.5) is 0 Å². The average molecular weight is 284 g/mol. The van der Waals surface area contributed by atoms with Gasteiger partial charge in [-0.3, -0.25) is 0 Å². The summed E-state index contributed by atoms with van der Waals surface area (Å²) >= 11 is 0. The van der Waals surface area contributed by atoms with E-state index >= 15 is 0 Å². The monoisotopic (exact) mass is 284 g/mol. The molecule has 0 saturated carbocycles. The van der Waals surface area contributed by atoms with E-state index in [4.69, 9.17) is 4.74 Å². The summed E-state index contributed by atoms with van der Waals surface area (Å²) in [4.78, 5) is 10.4. The largest absolute Gasteiger partial charge is 1.00 e. The van der Waals surface area contributed by atoms with Crippen LogP contribution in [0.25, 0.3) is 0 Å². The van der Waals surface area contributed by atoms with Crippen LogP contribution in [0.15, 0.2) is 24.3 Å². The maximum atomic E-state index is 10.4. The summed E-state index contributed by atoms with van der Waals surface area (Å²) in [6.07, 6.45) is 0. The molecule has 0 aliphatic rings. The minimum absolute atomic E-state index is 0. The van der Waals surface area contributed by atoms with Crippen molar-refractivity contribution >= 4 is 5.97 Å². The van der Waals surface area contributed by atoms with Gasteiger partial charge in [-0.1, -0.05) is 12.1 Å². The Kier molecular flexibility index (Phi) is 6.34. The summed E-state index contributed by atoms with van der Waals surface area (Å²) < 4.78 is 4.79. The Morgan fingerprint density at radius 1 is 1.42 bits per heavy atom. The van der Waals surface area contributed by atoms with Crippen molar-refractivity contribution in [2.24, 2.45) is 0 Å². The first-order valence-electron chi connectivity index (χ1n) is 3.10. The molecule has 12 heavy (non-hydrogen) atoms. The Hall–Kier alpha value is 0.542. The van der Waals surface area contributed by atoms with Crippen LogP contribution >= 0.6 is 0 Å². The number of aromatic carboxylic acids is 1. The zero-order chi connectivity index (χ0) is 8.27. The van der Waals surface area contributed by atoms with E-state index in [2.05, 4.69) is 0 Å². The molecule has 0 radical (unpaired) electrons. The predicted molar refractivity (Wildman–Crippen MR) is 37.3 cm³/mol. The molecule has 0 atom stereocenters. The second kappa shape index (κ2) is 6.07. The number of hydrogen-bond donors (Lipinski definition) is 0. The summed E-state index contributed by atoms with van der Waals surface area (Å²) in [5.74, 6) is -0.894. The molecule has 1 aromatic rings. The summed E-state index contributed by atoms with van der Waals surface area (Å²) in [5, 5.41) is 10.4. The second-order valence-corrected chi connectivity index (χ2v) is 1.99. The van der Waals surface area contributed by atoms with Gasteiger partial charge in [-0.25, -0.2) is 0 Å². The average Bonchev–Trinajstić information content (AvgIpc) is 2.04. The zero-order valence-corrected chi connectivity index (χ0v) is 13.3. The Morgan fingerprint density at radius 3 is 2.42 bits per heavy atom. The van der Waals surface area contributed by atoms with Gasteiger partial charge in [-0.15, -0.1) is 0 Å². The fourth-order valence-corrected chi connectivity index (χ4v) is 0.813. The van der Waals surface area contributed by atoms with Crippen molar-refractivity contribution < 1.29 is 83.5 Å². The van der Waals surface area contributed by atoms with Crippen molar-refractivity contribution in [1.29, 1.82) is 0 Å². The van der Waals surface area contributed by atoms with Crippen LogP contribution in [0.1, 0.15) is 10.4 Å². The molecule has 0 N–H and O–H groups in total. The van der Waals surface area contributed by atoms with Gasteiger partial charge < -0.3 is 14.6 Å². The van der Waals surface area contributed by atoms with Crippen LogP contribution in [-0.2, 0) is 0 Å². The Balaban J connectivity index is 0.00000121. The van der Waals surface area contributed by atoms with Crippen molar-refractivity contribution in [1.82, 2.24) is 0 Å². The van der Waals surface area contributed by atoms with Gasteiger partial charge in [-0.2, -0.15) is 0 Å². The van der Waals surface area contributed by atoms with Crippen LogP contribution in [0.2, 0.25) is 0 Å². The number of ether oxygens (including phenoxy) is 1. The van der Waals surface area contributed by atoms with E-state index in [0.717, 1.165) is 0 Å². The molecular formula is C8H7CsO3. The quantitative estimate of drug-likeness (QED) is 0.584. The molecule has 3 nitrogen and oxygen atoms in total. The third-order valence-electron chi connectivity index (χ3n) is 1.33. The molecule has 0 bridgehead atoms. The SMILES string of the molecule is COc1ccccc1C(=O)[O-].[Cs+]. The molecular weight excluding hydrogens is 277 g/mol. The molecule has 58 valence electrons. The molecule has 4 heteroatoms. The molecule has 0 aromatic heterocycles. The number of carbonyl (C=O) groups excluding carboxylic acids is 1. The van der Waals surface area contributed by atoms with Gasteiger partial charge in [0.1, 0.15) is 5.75 Å². The summed E-state index contributed by atoms with van der Waals surface area (Å²) in [5.41, 5.74) is 0.0787. The van der Waals surface area contributed by atoms with Crippen molar-refractivity contribution in [3.63, 3.8) is 0 Å². The third-order valence-corrected chi connectivity index (χ3v) is 1.33. The maximum absolute atomic E-state index is 10.4. The standard InChI is InChI=1S/C8H8O3.Cs/c1-11-7-5-3-2-4-6(7)8(9)10;/h2-5H,1H3,(H,9,10);/q;+1/p-1. The number of hydrogen-bond acceptors (Lipinski definition) is 3. The van der Waals surface area contributed by atoms with Gasteiger partial charge in [0.2, 0.25) is 0 Å². The topological polar surface area (TPSA) is 49.4 Å². The van der Waals surface area contributed by atoms with E-state index in [1.807, 2.05) is 0 Å². The normalized spacial score (nSPS) is 8.42. The number of carboxylic acid groups (broad SMARTS) is 1. The van der Waals surface area contributed by atoms with E-state index in [9.17, 15) is 9.90 Å². The van der Waals surface area contributed by atoms with Crippen molar-refractivity contribution in [3.8, 4) is 5.75 Å². The van der Waals surface area contributed by atoms with Crippen LogP contribution in [0.3, 0.4) is 0 Å². The number of para-hydroxylation sites is 1. The number of benzene rings is 1. The Labute approximate surface area is 130 Å². The maximum Gasteiger partial charge on any atom is 1.00 e. The van der Waals surface area contributed by atoms with Crippen LogP contribution < -0.4 is 78.7 Å². The molecule has 0 amide bonds. The first-order chi connectivity index (χ1) is 5.25. The van der Waals surface area contributed by atoms with Crippen molar-refractivity contribution in [3.05, 3.63) is 29.8 Å². The fraction of sp³-hybridized carbons (Fsp3) is 0.125. The van der Waals surface area contributed by atoms with Gasteiger partial charge in [-0.05, 0) is 12.1 Å². The van der Waals surface area contributed by atoms with Gasteiger partial charge in [0, 0.05) is 5.56 Å². The predicted octanol–water partition coefficient (Wildman–Crippen LogP) is -2.94. The van der Waals surface area contributed by atoms with Crippen LogP contribution in [-0.4, -0.2) is 13.1 Å². The Morgan fingerprint density at radius 2 is 2.00 bits per heavy atom. The van der Waals surface area contributed by atoms with Crippen LogP contribution in [0.5, 0.6) is 5.75 Å². The molecule has 0 spiro atoms. The third kappa shape index (κ3) is 3.12. The number of rotatable bonds is 2.